The average Bonchev–Trinajstić information content (AvgIpc) is 2.57. The Kier molecular flexibility index (Phi) is 2.49. The van der Waals surface area contributed by atoms with Gasteiger partial charge >= 0.3 is 6.18 Å². The van der Waals surface area contributed by atoms with Crippen LogP contribution in [0.4, 0.5) is 13.2 Å². The van der Waals surface area contributed by atoms with Gasteiger partial charge in [-0.3, -0.25) is 0 Å². The summed E-state index contributed by atoms with van der Waals surface area (Å²) in [5.41, 5.74) is 0.231. The smallest absolute Gasteiger partial charge is 0.420 e. The van der Waals surface area contributed by atoms with Gasteiger partial charge in [-0.15, -0.1) is 0 Å². The van der Waals surface area contributed by atoms with Gasteiger partial charge in [0.25, 0.3) is 0 Å². The number of alkyl halides is 3. The summed E-state index contributed by atoms with van der Waals surface area (Å²) in [7, 11) is 0. The van der Waals surface area contributed by atoms with Crippen LogP contribution in [0.25, 0.3) is 11.0 Å². The quantitative estimate of drug-likeness (QED) is 0.649. The number of fused-ring (bicyclic) bond motifs is 1. The summed E-state index contributed by atoms with van der Waals surface area (Å²) in [6, 6.07) is 4.94. The third kappa shape index (κ3) is 2.16. The molecule has 0 N–H and O–H groups in total. The Bertz CT molecular complexity index is 544. The second-order valence-corrected chi connectivity index (χ2v) is 5.11. The molecule has 0 atom stereocenters. The molecule has 17 heavy (non-hydrogen) atoms. The lowest BCUT2D eigenvalue weighted by Gasteiger charge is -2.19. The van der Waals surface area contributed by atoms with E-state index in [0.717, 1.165) is 11.8 Å². The first kappa shape index (κ1) is 12.0. The highest BCUT2D eigenvalue weighted by atomic mass is 19.4. The van der Waals surface area contributed by atoms with Crippen LogP contribution < -0.4 is 0 Å². The highest BCUT2D eigenvalue weighted by Crippen LogP contribution is 2.37. The van der Waals surface area contributed by atoms with Crippen LogP contribution in [0.1, 0.15) is 31.9 Å². The maximum atomic E-state index is 12.7. The second kappa shape index (κ2) is 3.52. The monoisotopic (exact) mass is 242 g/mol. The van der Waals surface area contributed by atoms with Gasteiger partial charge in [0, 0.05) is 5.39 Å². The molecule has 0 radical (unpaired) electrons. The van der Waals surface area contributed by atoms with Crippen molar-refractivity contribution in [1.82, 2.24) is 0 Å². The molecule has 1 nitrogen and oxygen atoms in total. The fourth-order valence-electron chi connectivity index (χ4n) is 1.72. The zero-order chi connectivity index (χ0) is 12.8. The first-order valence-corrected chi connectivity index (χ1v) is 5.28. The van der Waals surface area contributed by atoms with E-state index in [4.69, 9.17) is 4.42 Å². The third-order valence-corrected chi connectivity index (χ3v) is 2.74. The molecule has 0 fully saturated rings. The maximum absolute atomic E-state index is 12.7. The fraction of sp³-hybridized carbons (Fsp3) is 0.385. The van der Waals surface area contributed by atoms with Crippen LogP contribution >= 0.6 is 0 Å². The zero-order valence-electron chi connectivity index (χ0n) is 9.85. The number of rotatable bonds is 0. The van der Waals surface area contributed by atoms with Gasteiger partial charge in [-0.1, -0.05) is 26.8 Å². The molecule has 2 rings (SSSR count). The van der Waals surface area contributed by atoms with Crippen molar-refractivity contribution in [2.24, 2.45) is 0 Å². The molecule has 2 aromatic rings. The van der Waals surface area contributed by atoms with Gasteiger partial charge in [-0.25, -0.2) is 0 Å². The lowest BCUT2D eigenvalue weighted by Crippen LogP contribution is -2.11. The summed E-state index contributed by atoms with van der Waals surface area (Å²) in [5, 5.41) is 0.130. The number of hydrogen-bond donors (Lipinski definition) is 0. The van der Waals surface area contributed by atoms with Crippen molar-refractivity contribution in [3.05, 3.63) is 35.6 Å². The van der Waals surface area contributed by atoms with Crippen LogP contribution in [0.5, 0.6) is 0 Å². The second-order valence-electron chi connectivity index (χ2n) is 5.11. The molecule has 0 aliphatic rings. The number of benzene rings is 1. The van der Waals surface area contributed by atoms with Crippen LogP contribution in [0, 0.1) is 0 Å². The van der Waals surface area contributed by atoms with Gasteiger partial charge in [-0.05, 0) is 23.1 Å². The lowest BCUT2D eigenvalue weighted by molar-refractivity contribution is -0.136. The van der Waals surface area contributed by atoms with Crippen molar-refractivity contribution in [2.75, 3.05) is 0 Å². The Labute approximate surface area is 97.2 Å². The molecule has 1 aromatic carbocycles. The van der Waals surface area contributed by atoms with Crippen LogP contribution in [-0.4, -0.2) is 0 Å². The van der Waals surface area contributed by atoms with Crippen LogP contribution in [-0.2, 0) is 11.6 Å². The molecule has 4 heteroatoms. The Balaban J connectivity index is 2.67. The molecule has 1 heterocycles. The normalized spacial score (nSPS) is 13.3. The minimum absolute atomic E-state index is 0.130. The van der Waals surface area contributed by atoms with Crippen LogP contribution in [0.15, 0.2) is 28.9 Å². The Morgan fingerprint density at radius 3 is 2.24 bits per heavy atom. The summed E-state index contributed by atoms with van der Waals surface area (Å²) in [5.74, 6) is 0. The molecule has 0 aliphatic carbocycles. The first-order chi connectivity index (χ1) is 7.69. The van der Waals surface area contributed by atoms with E-state index < -0.39 is 11.7 Å². The van der Waals surface area contributed by atoms with Crippen molar-refractivity contribution in [2.45, 2.75) is 32.4 Å². The summed E-state index contributed by atoms with van der Waals surface area (Å²) < 4.78 is 43.1. The van der Waals surface area contributed by atoms with E-state index in [9.17, 15) is 13.2 Å². The molecular formula is C13H13F3O. The van der Waals surface area contributed by atoms with Crippen molar-refractivity contribution >= 4 is 11.0 Å². The van der Waals surface area contributed by atoms with Gasteiger partial charge in [0.2, 0.25) is 0 Å². The highest BCUT2D eigenvalue weighted by Gasteiger charge is 2.34. The SMILES string of the molecule is CC(C)(C)c1ccc2occ(C(F)(F)F)c2c1. The van der Waals surface area contributed by atoms with Gasteiger partial charge in [0.15, 0.2) is 0 Å². The molecule has 92 valence electrons. The predicted molar refractivity (Wildman–Crippen MR) is 59.9 cm³/mol. The topological polar surface area (TPSA) is 13.1 Å². The summed E-state index contributed by atoms with van der Waals surface area (Å²) >= 11 is 0. The standard InChI is InChI=1S/C13H13F3O/c1-12(2,3)8-4-5-11-9(6-8)10(7-17-11)13(14,15)16/h4-7H,1-3H3. The number of halogens is 3. The van der Waals surface area contributed by atoms with E-state index >= 15 is 0 Å². The van der Waals surface area contributed by atoms with E-state index in [2.05, 4.69) is 0 Å². The van der Waals surface area contributed by atoms with Gasteiger partial charge in [0.1, 0.15) is 17.4 Å². The van der Waals surface area contributed by atoms with Crippen LogP contribution in [0.2, 0.25) is 0 Å². The Morgan fingerprint density at radius 2 is 1.71 bits per heavy atom. The van der Waals surface area contributed by atoms with E-state index in [1.165, 1.54) is 0 Å². The molecule has 0 spiro atoms. The Hall–Kier alpha value is -1.45. The number of furan rings is 1. The van der Waals surface area contributed by atoms with Gasteiger partial charge in [0.05, 0.1) is 0 Å². The van der Waals surface area contributed by atoms with Crippen molar-refractivity contribution in [3.8, 4) is 0 Å². The van der Waals surface area contributed by atoms with Crippen molar-refractivity contribution < 1.29 is 17.6 Å². The molecule has 0 aliphatic heterocycles. The van der Waals surface area contributed by atoms with E-state index in [0.29, 0.717) is 0 Å². The molecule has 1 aromatic heterocycles. The lowest BCUT2D eigenvalue weighted by atomic mass is 9.86. The highest BCUT2D eigenvalue weighted by molar-refractivity contribution is 5.82. The average molecular weight is 242 g/mol. The Morgan fingerprint density at radius 1 is 1.06 bits per heavy atom. The van der Waals surface area contributed by atoms with Gasteiger partial charge in [-0.2, -0.15) is 13.2 Å². The zero-order valence-corrected chi connectivity index (χ0v) is 9.85. The molecule has 0 saturated heterocycles. The van der Waals surface area contributed by atoms with Crippen LogP contribution in [0.3, 0.4) is 0 Å². The number of hydrogen-bond acceptors (Lipinski definition) is 1. The van der Waals surface area contributed by atoms with Gasteiger partial charge < -0.3 is 4.42 Å². The largest absolute Gasteiger partial charge is 0.464 e. The van der Waals surface area contributed by atoms with E-state index in [1.807, 2.05) is 20.8 Å². The summed E-state index contributed by atoms with van der Waals surface area (Å²) in [4.78, 5) is 0. The van der Waals surface area contributed by atoms with E-state index in [-0.39, 0.29) is 16.4 Å². The maximum Gasteiger partial charge on any atom is 0.420 e. The molecular weight excluding hydrogens is 229 g/mol. The van der Waals surface area contributed by atoms with Crippen molar-refractivity contribution in [1.29, 1.82) is 0 Å². The fourth-order valence-corrected chi connectivity index (χ4v) is 1.72. The minimum atomic E-state index is -4.37. The minimum Gasteiger partial charge on any atom is -0.464 e. The molecule has 0 amide bonds. The molecule has 0 unspecified atom stereocenters. The van der Waals surface area contributed by atoms with E-state index in [1.54, 1.807) is 18.2 Å². The third-order valence-electron chi connectivity index (χ3n) is 2.74. The molecule has 0 bridgehead atoms. The summed E-state index contributed by atoms with van der Waals surface area (Å²) in [6.07, 6.45) is -3.60. The first-order valence-electron chi connectivity index (χ1n) is 5.28. The molecule has 0 saturated carbocycles. The van der Waals surface area contributed by atoms with Crippen molar-refractivity contribution in [3.63, 3.8) is 0 Å². The summed E-state index contributed by atoms with van der Waals surface area (Å²) in [6.45, 7) is 5.88. The predicted octanol–water partition coefficient (Wildman–Crippen LogP) is 4.75.